The van der Waals surface area contributed by atoms with E-state index in [9.17, 15) is 4.79 Å². The van der Waals surface area contributed by atoms with Crippen LogP contribution in [0.15, 0.2) is 18.2 Å². The number of hydrogen-bond acceptors (Lipinski definition) is 4. The molecular formula is C15H21NO3. The predicted molar refractivity (Wildman–Crippen MR) is 73.8 cm³/mol. The van der Waals surface area contributed by atoms with Gasteiger partial charge in [-0.3, -0.25) is 0 Å². The summed E-state index contributed by atoms with van der Waals surface area (Å²) >= 11 is 0. The third-order valence-corrected chi connectivity index (χ3v) is 3.25. The number of ether oxygens (including phenoxy) is 2. The predicted octanol–water partition coefficient (Wildman–Crippen LogP) is 2.29. The zero-order chi connectivity index (χ0) is 13.8. The Morgan fingerprint density at radius 3 is 2.68 bits per heavy atom. The second-order valence-corrected chi connectivity index (χ2v) is 5.17. The van der Waals surface area contributed by atoms with E-state index in [2.05, 4.69) is 4.90 Å². The summed E-state index contributed by atoms with van der Waals surface area (Å²) in [6, 6.07) is 5.74. The van der Waals surface area contributed by atoms with Crippen molar-refractivity contribution >= 4 is 5.97 Å². The molecule has 0 spiro atoms. The van der Waals surface area contributed by atoms with Gasteiger partial charge in [0.1, 0.15) is 12.4 Å². The molecule has 0 bridgehead atoms. The van der Waals surface area contributed by atoms with Gasteiger partial charge in [-0.05, 0) is 50.6 Å². The van der Waals surface area contributed by atoms with Gasteiger partial charge in [-0.15, -0.1) is 0 Å². The topological polar surface area (TPSA) is 38.8 Å². The van der Waals surface area contributed by atoms with Gasteiger partial charge in [0.05, 0.1) is 12.7 Å². The van der Waals surface area contributed by atoms with Crippen molar-refractivity contribution in [2.24, 2.45) is 0 Å². The zero-order valence-corrected chi connectivity index (χ0v) is 11.8. The lowest BCUT2D eigenvalue weighted by molar-refractivity contribution is 0.0599. The van der Waals surface area contributed by atoms with Crippen molar-refractivity contribution in [2.75, 3.05) is 34.4 Å². The summed E-state index contributed by atoms with van der Waals surface area (Å²) in [5.74, 6) is 0.969. The quantitative estimate of drug-likeness (QED) is 0.738. The van der Waals surface area contributed by atoms with E-state index in [-0.39, 0.29) is 5.97 Å². The summed E-state index contributed by atoms with van der Waals surface area (Å²) in [4.78, 5) is 13.9. The fourth-order valence-corrected chi connectivity index (χ4v) is 2.01. The molecule has 0 unspecified atom stereocenters. The summed E-state index contributed by atoms with van der Waals surface area (Å²) < 4.78 is 10.5. The number of carbonyl (C=O) groups excluding carboxylic acids is 1. The minimum atomic E-state index is -0.278. The molecule has 1 saturated carbocycles. The van der Waals surface area contributed by atoms with Crippen molar-refractivity contribution < 1.29 is 14.3 Å². The lowest BCUT2D eigenvalue weighted by Crippen LogP contribution is -2.19. The van der Waals surface area contributed by atoms with Gasteiger partial charge in [-0.25, -0.2) is 4.79 Å². The van der Waals surface area contributed by atoms with Crippen LogP contribution in [0.1, 0.15) is 34.7 Å². The van der Waals surface area contributed by atoms with Crippen molar-refractivity contribution in [2.45, 2.75) is 18.8 Å². The molecule has 0 atom stereocenters. The highest BCUT2D eigenvalue weighted by atomic mass is 16.5. The molecule has 0 heterocycles. The number of likely N-dealkylation sites (N-methyl/N-ethyl adjacent to an activating group) is 1. The summed E-state index contributed by atoms with van der Waals surface area (Å²) in [7, 11) is 5.41. The molecule has 104 valence electrons. The summed E-state index contributed by atoms with van der Waals surface area (Å²) in [6.07, 6.45) is 2.32. The highest BCUT2D eigenvalue weighted by molar-refractivity contribution is 5.92. The number of methoxy groups -OCH3 is 1. The Kier molecular flexibility index (Phi) is 4.43. The molecule has 0 aliphatic heterocycles. The highest BCUT2D eigenvalue weighted by Gasteiger charge is 2.28. The number of hydrogen-bond donors (Lipinski definition) is 0. The van der Waals surface area contributed by atoms with E-state index < -0.39 is 0 Å². The van der Waals surface area contributed by atoms with Crippen molar-refractivity contribution in [3.63, 3.8) is 0 Å². The summed E-state index contributed by atoms with van der Waals surface area (Å²) in [5.41, 5.74) is 1.74. The molecule has 1 aliphatic rings. The summed E-state index contributed by atoms with van der Waals surface area (Å²) in [5, 5.41) is 0. The van der Waals surface area contributed by atoms with Crippen LogP contribution in [0.2, 0.25) is 0 Å². The molecule has 0 radical (unpaired) electrons. The van der Waals surface area contributed by atoms with Crippen LogP contribution in [0.4, 0.5) is 0 Å². The molecule has 4 heteroatoms. The minimum absolute atomic E-state index is 0.278. The van der Waals surface area contributed by atoms with E-state index in [1.54, 1.807) is 6.07 Å². The lowest BCUT2D eigenvalue weighted by atomic mass is 10.0. The summed E-state index contributed by atoms with van der Waals surface area (Å²) in [6.45, 7) is 1.45. The number of nitrogens with zero attached hydrogens (tertiary/aromatic N) is 1. The van der Waals surface area contributed by atoms with Crippen LogP contribution < -0.4 is 4.74 Å². The second-order valence-electron chi connectivity index (χ2n) is 5.17. The van der Waals surface area contributed by atoms with Gasteiger partial charge in [0.25, 0.3) is 0 Å². The first-order chi connectivity index (χ1) is 9.11. The van der Waals surface area contributed by atoms with Crippen LogP contribution in [-0.4, -0.2) is 45.2 Å². The van der Waals surface area contributed by atoms with Gasteiger partial charge in [0.15, 0.2) is 0 Å². The van der Waals surface area contributed by atoms with E-state index in [0.29, 0.717) is 18.1 Å². The first-order valence-electron chi connectivity index (χ1n) is 6.61. The normalized spacial score (nSPS) is 14.5. The molecule has 1 aromatic rings. The lowest BCUT2D eigenvalue weighted by Gasteiger charge is -2.13. The van der Waals surface area contributed by atoms with Crippen LogP contribution in [0.25, 0.3) is 0 Å². The Labute approximate surface area is 114 Å². The number of benzene rings is 1. The van der Waals surface area contributed by atoms with Gasteiger partial charge in [-0.1, -0.05) is 6.07 Å². The SMILES string of the molecule is COC(=O)c1cc(OCCN(C)C)ccc1C1CC1. The Balaban J connectivity index is 2.11. The van der Waals surface area contributed by atoms with Crippen LogP contribution in [0.5, 0.6) is 5.75 Å². The van der Waals surface area contributed by atoms with Gasteiger partial charge in [0.2, 0.25) is 0 Å². The maximum absolute atomic E-state index is 11.8. The Hall–Kier alpha value is -1.55. The molecule has 1 fully saturated rings. The van der Waals surface area contributed by atoms with E-state index in [0.717, 1.165) is 30.7 Å². The monoisotopic (exact) mass is 263 g/mol. The molecule has 0 saturated heterocycles. The van der Waals surface area contributed by atoms with Crippen LogP contribution in [0, 0.1) is 0 Å². The molecule has 0 aromatic heterocycles. The van der Waals surface area contributed by atoms with Gasteiger partial charge in [-0.2, -0.15) is 0 Å². The average Bonchev–Trinajstić information content (AvgIpc) is 3.21. The third kappa shape index (κ3) is 3.70. The van der Waals surface area contributed by atoms with Crippen molar-refractivity contribution in [1.29, 1.82) is 0 Å². The van der Waals surface area contributed by atoms with E-state index >= 15 is 0 Å². The fraction of sp³-hybridized carbons (Fsp3) is 0.533. The molecule has 2 rings (SSSR count). The number of esters is 1. The minimum Gasteiger partial charge on any atom is -0.492 e. The van der Waals surface area contributed by atoms with Crippen molar-refractivity contribution in [3.05, 3.63) is 29.3 Å². The Morgan fingerprint density at radius 1 is 1.37 bits per heavy atom. The molecule has 4 nitrogen and oxygen atoms in total. The first kappa shape index (κ1) is 13.9. The Bertz CT molecular complexity index is 453. The number of rotatable bonds is 6. The average molecular weight is 263 g/mol. The molecule has 1 aromatic carbocycles. The maximum Gasteiger partial charge on any atom is 0.338 e. The number of carbonyl (C=O) groups is 1. The standard InChI is InChI=1S/C15H21NO3/c1-16(2)8-9-19-12-6-7-13(11-4-5-11)14(10-12)15(17)18-3/h6-7,10-11H,4-5,8-9H2,1-3H3. The second kappa shape index (κ2) is 6.06. The molecule has 0 N–H and O–H groups in total. The van der Waals surface area contributed by atoms with E-state index in [1.807, 2.05) is 26.2 Å². The molecule has 1 aliphatic carbocycles. The largest absolute Gasteiger partial charge is 0.492 e. The molecular weight excluding hydrogens is 242 g/mol. The fourth-order valence-electron chi connectivity index (χ4n) is 2.01. The molecule has 19 heavy (non-hydrogen) atoms. The Morgan fingerprint density at radius 2 is 2.11 bits per heavy atom. The van der Waals surface area contributed by atoms with Gasteiger partial charge in [0, 0.05) is 6.54 Å². The third-order valence-electron chi connectivity index (χ3n) is 3.25. The maximum atomic E-state index is 11.8. The van der Waals surface area contributed by atoms with Crippen LogP contribution >= 0.6 is 0 Å². The van der Waals surface area contributed by atoms with Crippen LogP contribution in [-0.2, 0) is 4.74 Å². The molecule has 0 amide bonds. The highest BCUT2D eigenvalue weighted by Crippen LogP contribution is 2.42. The van der Waals surface area contributed by atoms with Crippen LogP contribution in [0.3, 0.4) is 0 Å². The van der Waals surface area contributed by atoms with E-state index in [1.165, 1.54) is 7.11 Å². The smallest absolute Gasteiger partial charge is 0.338 e. The van der Waals surface area contributed by atoms with Gasteiger partial charge >= 0.3 is 5.97 Å². The van der Waals surface area contributed by atoms with Gasteiger partial charge < -0.3 is 14.4 Å². The van der Waals surface area contributed by atoms with E-state index in [4.69, 9.17) is 9.47 Å². The van der Waals surface area contributed by atoms with Crippen molar-refractivity contribution in [3.8, 4) is 5.75 Å². The zero-order valence-electron chi connectivity index (χ0n) is 11.8. The first-order valence-corrected chi connectivity index (χ1v) is 6.61. The van der Waals surface area contributed by atoms with Crippen molar-refractivity contribution in [1.82, 2.24) is 4.90 Å².